The smallest absolute Gasteiger partial charge is 0.257 e. The Kier molecular flexibility index (Phi) is 8.10. The van der Waals surface area contributed by atoms with E-state index in [1.807, 2.05) is 66.5 Å². The van der Waals surface area contributed by atoms with Crippen molar-refractivity contribution in [3.63, 3.8) is 0 Å². The largest absolute Gasteiger partial charge is 0.491 e. The molecule has 0 saturated heterocycles. The van der Waals surface area contributed by atoms with Gasteiger partial charge in [-0.3, -0.25) is 9.59 Å². The lowest BCUT2D eigenvalue weighted by Gasteiger charge is -2.33. The van der Waals surface area contributed by atoms with E-state index in [4.69, 9.17) is 4.74 Å². The topological polar surface area (TPSA) is 49.9 Å². The first kappa shape index (κ1) is 22.9. The Morgan fingerprint density at radius 3 is 2.42 bits per heavy atom. The first-order valence-corrected chi connectivity index (χ1v) is 11.3. The first-order valence-electron chi connectivity index (χ1n) is 11.3. The summed E-state index contributed by atoms with van der Waals surface area (Å²) in [6.45, 7) is 6.07. The number of carbonyl (C=O) groups is 2. The molecule has 0 N–H and O–H groups in total. The molecule has 2 aromatic carbocycles. The molecule has 5 heteroatoms. The van der Waals surface area contributed by atoms with Gasteiger partial charge in [-0.25, -0.2) is 0 Å². The van der Waals surface area contributed by atoms with Gasteiger partial charge in [0.1, 0.15) is 12.4 Å². The van der Waals surface area contributed by atoms with Crippen molar-refractivity contribution in [3.8, 4) is 5.75 Å². The quantitative estimate of drug-likeness (QED) is 0.708. The second kappa shape index (κ2) is 11.0. The summed E-state index contributed by atoms with van der Waals surface area (Å²) in [5.74, 6) is 1.02. The van der Waals surface area contributed by atoms with Gasteiger partial charge in [0.15, 0.2) is 0 Å². The number of ether oxygens (including phenoxy) is 1. The van der Waals surface area contributed by atoms with E-state index in [9.17, 15) is 9.59 Å². The Morgan fingerprint density at radius 1 is 1.00 bits per heavy atom. The molecule has 0 spiro atoms. The molecule has 0 radical (unpaired) electrons. The van der Waals surface area contributed by atoms with E-state index in [-0.39, 0.29) is 17.9 Å². The van der Waals surface area contributed by atoms with Crippen molar-refractivity contribution >= 4 is 11.8 Å². The Labute approximate surface area is 186 Å². The van der Waals surface area contributed by atoms with E-state index in [1.165, 1.54) is 0 Å². The highest BCUT2D eigenvalue weighted by molar-refractivity contribution is 5.97. The van der Waals surface area contributed by atoms with E-state index in [0.29, 0.717) is 42.5 Å². The second-order valence-corrected chi connectivity index (χ2v) is 8.74. The maximum Gasteiger partial charge on any atom is 0.257 e. The number of fused-ring (bicyclic) bond motifs is 1. The van der Waals surface area contributed by atoms with Gasteiger partial charge in [0.2, 0.25) is 0 Å². The van der Waals surface area contributed by atoms with Crippen LogP contribution < -0.4 is 4.74 Å². The zero-order chi connectivity index (χ0) is 22.2. The second-order valence-electron chi connectivity index (χ2n) is 8.74. The summed E-state index contributed by atoms with van der Waals surface area (Å²) in [6, 6.07) is 16.8. The third-order valence-electron chi connectivity index (χ3n) is 5.75. The molecule has 1 heterocycles. The number of benzene rings is 2. The maximum absolute atomic E-state index is 13.4. The van der Waals surface area contributed by atoms with Crippen molar-refractivity contribution in [1.29, 1.82) is 0 Å². The van der Waals surface area contributed by atoms with Gasteiger partial charge < -0.3 is 14.5 Å². The molecule has 2 aromatic rings. The molecule has 0 aromatic heterocycles. The van der Waals surface area contributed by atoms with Crippen LogP contribution in [0.15, 0.2) is 54.6 Å². The van der Waals surface area contributed by atoms with Crippen LogP contribution in [0.1, 0.15) is 60.2 Å². The summed E-state index contributed by atoms with van der Waals surface area (Å²) in [5, 5.41) is 0. The van der Waals surface area contributed by atoms with E-state index in [1.54, 1.807) is 4.90 Å². The molecule has 5 nitrogen and oxygen atoms in total. The van der Waals surface area contributed by atoms with E-state index in [0.717, 1.165) is 25.7 Å². The fraction of sp³-hybridized carbons (Fsp3) is 0.462. The molecule has 0 unspecified atom stereocenters. The molecule has 31 heavy (non-hydrogen) atoms. The molecule has 1 aliphatic heterocycles. The van der Waals surface area contributed by atoms with Crippen molar-refractivity contribution in [2.24, 2.45) is 5.92 Å². The molecule has 0 fully saturated rings. The minimum atomic E-state index is -0.0608. The van der Waals surface area contributed by atoms with E-state index < -0.39 is 0 Å². The predicted molar refractivity (Wildman–Crippen MR) is 123 cm³/mol. The number of carbonyl (C=O) groups excluding carboxylic acids is 2. The van der Waals surface area contributed by atoms with Crippen molar-refractivity contribution in [1.82, 2.24) is 9.80 Å². The molecule has 0 bridgehead atoms. The van der Waals surface area contributed by atoms with Crippen LogP contribution >= 0.6 is 0 Å². The normalized spacial score (nSPS) is 18.5. The lowest BCUT2D eigenvalue weighted by Crippen LogP contribution is -2.45. The fourth-order valence-corrected chi connectivity index (χ4v) is 4.10. The van der Waals surface area contributed by atoms with Crippen molar-refractivity contribution in [2.75, 3.05) is 26.7 Å². The van der Waals surface area contributed by atoms with Crippen molar-refractivity contribution < 1.29 is 14.3 Å². The summed E-state index contributed by atoms with van der Waals surface area (Å²) < 4.78 is 6.21. The lowest BCUT2D eigenvalue weighted by molar-refractivity contribution is 0.0573. The van der Waals surface area contributed by atoms with Gasteiger partial charge in [0.05, 0.1) is 11.6 Å². The minimum Gasteiger partial charge on any atom is -0.491 e. The van der Waals surface area contributed by atoms with Gasteiger partial charge in [-0.1, -0.05) is 44.2 Å². The number of nitrogens with zero attached hydrogens (tertiary/aromatic N) is 2. The van der Waals surface area contributed by atoms with Gasteiger partial charge in [-0.05, 0) is 55.9 Å². The van der Waals surface area contributed by atoms with Crippen molar-refractivity contribution in [2.45, 2.75) is 45.6 Å². The van der Waals surface area contributed by atoms with Gasteiger partial charge in [0.25, 0.3) is 11.8 Å². The number of hydrogen-bond donors (Lipinski definition) is 0. The molecule has 166 valence electrons. The van der Waals surface area contributed by atoms with Crippen LogP contribution in [0.4, 0.5) is 0 Å². The first-order chi connectivity index (χ1) is 15.0. The summed E-state index contributed by atoms with van der Waals surface area (Å²) >= 11 is 0. The average molecular weight is 423 g/mol. The highest BCUT2D eigenvalue weighted by atomic mass is 16.5. The molecular formula is C26H34N2O3. The lowest BCUT2D eigenvalue weighted by atomic mass is 10.0. The van der Waals surface area contributed by atoms with Crippen molar-refractivity contribution in [3.05, 3.63) is 65.7 Å². The van der Waals surface area contributed by atoms with Crippen LogP contribution in [0, 0.1) is 5.92 Å². The Bertz CT molecular complexity index is 866. The standard InChI is InChI=1S/C26H34N2O3/c1-20(2)18-22-19-31-24-15-9-8-14-23(24)26(30)27(3)16-10-5-11-17-28(22)25(29)21-12-6-4-7-13-21/h4,6-9,12-15,20,22H,5,10-11,16-19H2,1-3H3/t22-/m0/s1. The van der Waals surface area contributed by atoms with Crippen LogP contribution in [0.5, 0.6) is 5.75 Å². The molecule has 1 atom stereocenters. The zero-order valence-corrected chi connectivity index (χ0v) is 18.9. The third-order valence-corrected chi connectivity index (χ3v) is 5.75. The molecule has 2 amide bonds. The fourth-order valence-electron chi connectivity index (χ4n) is 4.10. The van der Waals surface area contributed by atoms with Crippen LogP contribution in [0.2, 0.25) is 0 Å². The van der Waals surface area contributed by atoms with Gasteiger partial charge in [0, 0.05) is 25.7 Å². The highest BCUT2D eigenvalue weighted by Crippen LogP contribution is 2.23. The van der Waals surface area contributed by atoms with Crippen LogP contribution in [-0.4, -0.2) is 54.4 Å². The predicted octanol–water partition coefficient (Wildman–Crippen LogP) is 4.88. The molecular weight excluding hydrogens is 388 g/mol. The summed E-state index contributed by atoms with van der Waals surface area (Å²) in [6.07, 6.45) is 3.62. The number of hydrogen-bond acceptors (Lipinski definition) is 3. The Balaban J connectivity index is 1.92. The summed E-state index contributed by atoms with van der Waals surface area (Å²) in [4.78, 5) is 30.1. The highest BCUT2D eigenvalue weighted by Gasteiger charge is 2.27. The number of amides is 2. The van der Waals surface area contributed by atoms with Gasteiger partial charge >= 0.3 is 0 Å². The zero-order valence-electron chi connectivity index (χ0n) is 18.9. The third kappa shape index (κ3) is 6.09. The van der Waals surface area contributed by atoms with Crippen LogP contribution in [0.3, 0.4) is 0 Å². The molecule has 0 aliphatic carbocycles. The van der Waals surface area contributed by atoms with Crippen LogP contribution in [-0.2, 0) is 0 Å². The van der Waals surface area contributed by atoms with E-state index >= 15 is 0 Å². The summed E-state index contributed by atoms with van der Waals surface area (Å²) in [7, 11) is 1.84. The molecule has 0 saturated carbocycles. The molecule has 1 aliphatic rings. The van der Waals surface area contributed by atoms with Gasteiger partial charge in [-0.2, -0.15) is 0 Å². The van der Waals surface area contributed by atoms with Crippen LogP contribution in [0.25, 0.3) is 0 Å². The van der Waals surface area contributed by atoms with E-state index in [2.05, 4.69) is 13.8 Å². The Morgan fingerprint density at radius 2 is 1.68 bits per heavy atom. The maximum atomic E-state index is 13.4. The Hall–Kier alpha value is -2.82. The SMILES string of the molecule is CC(C)C[C@H]1COc2ccccc2C(=O)N(C)CCCCCN1C(=O)c1ccccc1. The monoisotopic (exact) mass is 422 g/mol. The average Bonchev–Trinajstić information content (AvgIpc) is 2.79. The molecule has 3 rings (SSSR count). The van der Waals surface area contributed by atoms with Gasteiger partial charge in [-0.15, -0.1) is 0 Å². The summed E-state index contributed by atoms with van der Waals surface area (Å²) in [5.41, 5.74) is 1.28. The number of para-hydroxylation sites is 1. The minimum absolute atomic E-state index is 0.0209. The number of rotatable bonds is 3.